The van der Waals surface area contributed by atoms with E-state index in [4.69, 9.17) is 0 Å². The maximum Gasteiger partial charge on any atom is 0.257 e. The molecule has 2 rings (SSSR count). The zero-order chi connectivity index (χ0) is 20.8. The van der Waals surface area contributed by atoms with E-state index in [-0.39, 0.29) is 34.8 Å². The van der Waals surface area contributed by atoms with Gasteiger partial charge < -0.3 is 20.4 Å². The van der Waals surface area contributed by atoms with Crippen molar-refractivity contribution in [2.24, 2.45) is 0 Å². The molecule has 2 aromatic rings. The molecule has 0 radical (unpaired) electrons. The fourth-order valence-electron chi connectivity index (χ4n) is 2.88. The first-order valence-electron chi connectivity index (χ1n) is 9.43. The summed E-state index contributed by atoms with van der Waals surface area (Å²) in [6, 6.07) is 9.82. The van der Waals surface area contributed by atoms with Crippen molar-refractivity contribution in [3.63, 3.8) is 0 Å². The number of carbonyl (C=O) groups is 2. The molecule has 2 amide bonds. The van der Waals surface area contributed by atoms with Gasteiger partial charge in [0.15, 0.2) is 0 Å². The van der Waals surface area contributed by atoms with Gasteiger partial charge >= 0.3 is 0 Å². The van der Waals surface area contributed by atoms with E-state index in [2.05, 4.69) is 5.32 Å². The van der Waals surface area contributed by atoms with Gasteiger partial charge in [-0.15, -0.1) is 0 Å². The molecular formula is C22H28N2O4. The molecule has 0 aliphatic rings. The standard InChI is InChI=1S/C22H28N2O4/c1-5-10-23-21(27)16-8-6-15(7-9-16)13-24(4)22(28)18-11-17(14(2)3)19(25)12-20(18)26/h6-9,11-12,14,25-26H,5,10,13H2,1-4H3,(H,23,27). The molecule has 0 unspecified atom stereocenters. The van der Waals surface area contributed by atoms with Crippen LogP contribution in [0.1, 0.15) is 65.0 Å². The minimum absolute atomic E-state index is 0.0175. The number of hydrogen-bond donors (Lipinski definition) is 3. The average molecular weight is 384 g/mol. The lowest BCUT2D eigenvalue weighted by Crippen LogP contribution is -2.26. The largest absolute Gasteiger partial charge is 0.508 e. The van der Waals surface area contributed by atoms with Crippen molar-refractivity contribution in [1.82, 2.24) is 10.2 Å². The van der Waals surface area contributed by atoms with Gasteiger partial charge in [-0.1, -0.05) is 32.9 Å². The summed E-state index contributed by atoms with van der Waals surface area (Å²) in [5, 5.41) is 22.9. The van der Waals surface area contributed by atoms with Gasteiger partial charge in [0.2, 0.25) is 0 Å². The van der Waals surface area contributed by atoms with E-state index < -0.39 is 0 Å². The van der Waals surface area contributed by atoms with E-state index in [9.17, 15) is 19.8 Å². The zero-order valence-corrected chi connectivity index (χ0v) is 16.8. The Bertz CT molecular complexity index is 844. The Labute approximate surface area is 165 Å². The van der Waals surface area contributed by atoms with E-state index in [1.165, 1.54) is 17.0 Å². The molecule has 0 aliphatic heterocycles. The highest BCUT2D eigenvalue weighted by atomic mass is 16.3. The Morgan fingerprint density at radius 2 is 1.71 bits per heavy atom. The first-order chi connectivity index (χ1) is 13.2. The van der Waals surface area contributed by atoms with Crippen LogP contribution in [0.5, 0.6) is 11.5 Å². The first-order valence-corrected chi connectivity index (χ1v) is 9.43. The van der Waals surface area contributed by atoms with Crippen molar-refractivity contribution in [2.75, 3.05) is 13.6 Å². The number of rotatable bonds is 7. The zero-order valence-electron chi connectivity index (χ0n) is 16.8. The third-order valence-electron chi connectivity index (χ3n) is 4.52. The molecular weight excluding hydrogens is 356 g/mol. The summed E-state index contributed by atoms with van der Waals surface area (Å²) in [5.74, 6) is -0.716. The molecule has 6 nitrogen and oxygen atoms in total. The van der Waals surface area contributed by atoms with E-state index in [1.807, 2.05) is 20.8 Å². The minimum atomic E-state index is -0.343. The van der Waals surface area contributed by atoms with Crippen molar-refractivity contribution >= 4 is 11.8 Å². The molecule has 6 heteroatoms. The summed E-state index contributed by atoms with van der Waals surface area (Å²) in [5.41, 5.74) is 2.20. The SMILES string of the molecule is CCCNC(=O)c1ccc(CN(C)C(=O)c2cc(C(C)C)c(O)cc2O)cc1. The van der Waals surface area contributed by atoms with Gasteiger partial charge in [0.25, 0.3) is 11.8 Å². The monoisotopic (exact) mass is 384 g/mol. The van der Waals surface area contributed by atoms with Crippen LogP contribution >= 0.6 is 0 Å². The van der Waals surface area contributed by atoms with E-state index in [1.54, 1.807) is 31.3 Å². The summed E-state index contributed by atoms with van der Waals surface area (Å²) < 4.78 is 0. The fraction of sp³-hybridized carbons (Fsp3) is 0.364. The third-order valence-corrected chi connectivity index (χ3v) is 4.52. The maximum absolute atomic E-state index is 12.8. The van der Waals surface area contributed by atoms with E-state index in [0.29, 0.717) is 24.2 Å². The van der Waals surface area contributed by atoms with Crippen LogP contribution in [-0.2, 0) is 6.54 Å². The van der Waals surface area contributed by atoms with Crippen molar-refractivity contribution < 1.29 is 19.8 Å². The second-order valence-electron chi connectivity index (χ2n) is 7.20. The predicted octanol–water partition coefficient (Wildman–Crippen LogP) is 3.63. The molecule has 0 atom stereocenters. The molecule has 28 heavy (non-hydrogen) atoms. The van der Waals surface area contributed by atoms with Gasteiger partial charge in [0, 0.05) is 31.8 Å². The number of phenolic OH excluding ortho intramolecular Hbond substituents is 2. The smallest absolute Gasteiger partial charge is 0.257 e. The first kappa shape index (κ1) is 21.3. The Morgan fingerprint density at radius 3 is 2.29 bits per heavy atom. The van der Waals surface area contributed by atoms with Crippen molar-refractivity contribution in [1.29, 1.82) is 0 Å². The van der Waals surface area contributed by atoms with Crippen LogP contribution < -0.4 is 5.32 Å². The van der Waals surface area contributed by atoms with Gasteiger partial charge in [0.1, 0.15) is 11.5 Å². The van der Waals surface area contributed by atoms with Crippen LogP contribution in [0.4, 0.5) is 0 Å². The predicted molar refractivity (Wildman–Crippen MR) is 109 cm³/mol. The molecule has 3 N–H and O–H groups in total. The van der Waals surface area contributed by atoms with Crippen LogP contribution in [0.3, 0.4) is 0 Å². The molecule has 0 saturated carbocycles. The molecule has 0 bridgehead atoms. The maximum atomic E-state index is 12.8. The molecule has 0 saturated heterocycles. The lowest BCUT2D eigenvalue weighted by Gasteiger charge is -2.19. The van der Waals surface area contributed by atoms with Crippen molar-refractivity contribution in [3.8, 4) is 11.5 Å². The quantitative estimate of drug-likeness (QED) is 0.680. The molecule has 150 valence electrons. The Hall–Kier alpha value is -3.02. The van der Waals surface area contributed by atoms with Crippen LogP contribution in [0, 0.1) is 0 Å². The summed E-state index contributed by atoms with van der Waals surface area (Å²) in [6.07, 6.45) is 0.874. The second-order valence-corrected chi connectivity index (χ2v) is 7.20. The van der Waals surface area contributed by atoms with Gasteiger partial charge in [-0.05, 0) is 41.7 Å². The Morgan fingerprint density at radius 1 is 1.07 bits per heavy atom. The minimum Gasteiger partial charge on any atom is -0.508 e. The van der Waals surface area contributed by atoms with Crippen LogP contribution in [-0.4, -0.2) is 40.5 Å². The van der Waals surface area contributed by atoms with Crippen molar-refractivity contribution in [3.05, 3.63) is 58.7 Å². The number of nitrogens with one attached hydrogen (secondary N) is 1. The normalized spacial score (nSPS) is 10.8. The highest BCUT2D eigenvalue weighted by Gasteiger charge is 2.20. The number of hydrogen-bond acceptors (Lipinski definition) is 4. The lowest BCUT2D eigenvalue weighted by molar-refractivity contribution is 0.0781. The number of carbonyl (C=O) groups excluding carboxylic acids is 2. The summed E-state index contributed by atoms with van der Waals surface area (Å²) in [6.45, 7) is 6.76. The molecule has 0 aliphatic carbocycles. The summed E-state index contributed by atoms with van der Waals surface area (Å²) in [7, 11) is 1.64. The number of nitrogens with zero attached hydrogens (tertiary/aromatic N) is 1. The summed E-state index contributed by atoms with van der Waals surface area (Å²) in [4.78, 5) is 26.2. The molecule has 0 heterocycles. The fourth-order valence-corrected chi connectivity index (χ4v) is 2.88. The van der Waals surface area contributed by atoms with Gasteiger partial charge in [-0.25, -0.2) is 0 Å². The number of phenols is 2. The van der Waals surface area contributed by atoms with Crippen molar-refractivity contribution in [2.45, 2.75) is 39.7 Å². The van der Waals surface area contributed by atoms with Gasteiger partial charge in [0.05, 0.1) is 5.56 Å². The van der Waals surface area contributed by atoms with Crippen LogP contribution in [0.2, 0.25) is 0 Å². The van der Waals surface area contributed by atoms with Crippen LogP contribution in [0.15, 0.2) is 36.4 Å². The molecule has 0 fully saturated rings. The van der Waals surface area contributed by atoms with E-state index in [0.717, 1.165) is 12.0 Å². The van der Waals surface area contributed by atoms with Crippen LogP contribution in [0.25, 0.3) is 0 Å². The summed E-state index contributed by atoms with van der Waals surface area (Å²) >= 11 is 0. The van der Waals surface area contributed by atoms with E-state index >= 15 is 0 Å². The Balaban J connectivity index is 2.12. The number of amides is 2. The highest BCUT2D eigenvalue weighted by molar-refractivity contribution is 5.97. The number of benzene rings is 2. The second kappa shape index (κ2) is 9.26. The lowest BCUT2D eigenvalue weighted by atomic mass is 9.98. The van der Waals surface area contributed by atoms with Gasteiger partial charge in [-0.2, -0.15) is 0 Å². The number of aromatic hydroxyl groups is 2. The highest BCUT2D eigenvalue weighted by Crippen LogP contribution is 2.32. The molecule has 2 aromatic carbocycles. The average Bonchev–Trinajstić information content (AvgIpc) is 2.65. The molecule has 0 aromatic heterocycles. The molecule has 0 spiro atoms. The topological polar surface area (TPSA) is 89.9 Å². The van der Waals surface area contributed by atoms with Gasteiger partial charge in [-0.3, -0.25) is 9.59 Å². The third kappa shape index (κ3) is 5.03. The Kier molecular flexibility index (Phi) is 7.04.